The smallest absolute Gasteiger partial charge is 0.335 e. The zero-order chi connectivity index (χ0) is 14.7. The zero-order valence-electron chi connectivity index (χ0n) is 12.7. The molecule has 0 amide bonds. The molecule has 0 spiro atoms. The van der Waals surface area contributed by atoms with E-state index >= 15 is 0 Å². The lowest BCUT2D eigenvalue weighted by Gasteiger charge is -2.34. The highest BCUT2D eigenvalue weighted by Crippen LogP contribution is 2.27. The van der Waals surface area contributed by atoms with E-state index in [0.717, 1.165) is 18.0 Å². The summed E-state index contributed by atoms with van der Waals surface area (Å²) in [5, 5.41) is 9.00. The molecule has 1 aliphatic carbocycles. The molecule has 3 heteroatoms. The Kier molecular flexibility index (Phi) is 4.81. The van der Waals surface area contributed by atoms with Gasteiger partial charge in [-0.2, -0.15) is 0 Å². The van der Waals surface area contributed by atoms with Gasteiger partial charge in [-0.05, 0) is 56.0 Å². The average Bonchev–Trinajstić information content (AvgIpc) is 2.40. The van der Waals surface area contributed by atoms with Crippen LogP contribution in [0.1, 0.15) is 54.1 Å². The zero-order valence-corrected chi connectivity index (χ0v) is 12.7. The van der Waals surface area contributed by atoms with Crippen molar-refractivity contribution in [2.24, 2.45) is 5.92 Å². The van der Waals surface area contributed by atoms with Gasteiger partial charge in [-0.1, -0.05) is 25.8 Å². The van der Waals surface area contributed by atoms with Crippen LogP contribution in [0.5, 0.6) is 0 Å². The Hall–Kier alpha value is -1.35. The molecule has 0 aromatic heterocycles. The highest BCUT2D eigenvalue weighted by Gasteiger charge is 2.22. The van der Waals surface area contributed by atoms with Crippen LogP contribution in [0, 0.1) is 12.8 Å². The van der Waals surface area contributed by atoms with Gasteiger partial charge in [0.1, 0.15) is 0 Å². The number of aromatic carboxylic acids is 1. The van der Waals surface area contributed by atoms with Crippen molar-refractivity contribution in [3.8, 4) is 0 Å². The van der Waals surface area contributed by atoms with Crippen LogP contribution < -0.4 is 0 Å². The lowest BCUT2D eigenvalue weighted by molar-refractivity contribution is 0.0696. The van der Waals surface area contributed by atoms with Crippen molar-refractivity contribution in [1.82, 2.24) is 4.90 Å². The second-order valence-corrected chi connectivity index (χ2v) is 6.29. The van der Waals surface area contributed by atoms with E-state index in [2.05, 4.69) is 18.9 Å². The summed E-state index contributed by atoms with van der Waals surface area (Å²) in [5.74, 6) is -0.0270. The Morgan fingerprint density at radius 1 is 1.40 bits per heavy atom. The molecule has 0 bridgehead atoms. The summed E-state index contributed by atoms with van der Waals surface area (Å²) in [6, 6.07) is 6.11. The Morgan fingerprint density at radius 3 is 2.75 bits per heavy atom. The molecule has 0 saturated heterocycles. The lowest BCUT2D eigenvalue weighted by atomic mass is 9.86. The molecular weight excluding hydrogens is 250 g/mol. The van der Waals surface area contributed by atoms with Gasteiger partial charge in [0, 0.05) is 12.6 Å². The fourth-order valence-electron chi connectivity index (χ4n) is 3.21. The van der Waals surface area contributed by atoms with Crippen LogP contribution in [-0.2, 0) is 6.54 Å². The molecule has 2 atom stereocenters. The van der Waals surface area contributed by atoms with Crippen LogP contribution in [0.2, 0.25) is 0 Å². The quantitative estimate of drug-likeness (QED) is 0.910. The van der Waals surface area contributed by atoms with E-state index in [4.69, 9.17) is 5.11 Å². The molecule has 1 aromatic rings. The topological polar surface area (TPSA) is 40.5 Å². The minimum atomic E-state index is -0.853. The number of carbonyl (C=O) groups is 1. The summed E-state index contributed by atoms with van der Waals surface area (Å²) in [7, 11) is 2.19. The second kappa shape index (κ2) is 6.40. The first kappa shape index (κ1) is 15.0. The maximum atomic E-state index is 11.0. The summed E-state index contributed by atoms with van der Waals surface area (Å²) in [4.78, 5) is 13.4. The molecule has 110 valence electrons. The molecule has 0 aliphatic heterocycles. The van der Waals surface area contributed by atoms with Crippen LogP contribution in [0.3, 0.4) is 0 Å². The molecule has 0 radical (unpaired) electrons. The first-order chi connectivity index (χ1) is 9.47. The molecule has 1 aromatic carbocycles. The van der Waals surface area contributed by atoms with Crippen molar-refractivity contribution in [1.29, 1.82) is 0 Å². The number of aryl methyl sites for hydroxylation is 1. The largest absolute Gasteiger partial charge is 0.478 e. The third kappa shape index (κ3) is 3.60. The molecule has 1 saturated carbocycles. The summed E-state index contributed by atoms with van der Waals surface area (Å²) in [5.41, 5.74) is 2.68. The monoisotopic (exact) mass is 275 g/mol. The summed E-state index contributed by atoms with van der Waals surface area (Å²) in [6.45, 7) is 5.25. The van der Waals surface area contributed by atoms with E-state index in [0.29, 0.717) is 11.6 Å². The Bertz CT molecular complexity index is 484. The van der Waals surface area contributed by atoms with E-state index in [1.165, 1.54) is 31.2 Å². The maximum absolute atomic E-state index is 11.0. The van der Waals surface area contributed by atoms with Gasteiger partial charge in [0.05, 0.1) is 5.56 Å². The first-order valence-corrected chi connectivity index (χ1v) is 7.50. The minimum absolute atomic E-state index is 0.375. The highest BCUT2D eigenvalue weighted by atomic mass is 16.4. The normalized spacial score (nSPS) is 23.0. The highest BCUT2D eigenvalue weighted by molar-refractivity contribution is 5.87. The molecule has 1 N–H and O–H groups in total. The van der Waals surface area contributed by atoms with Crippen molar-refractivity contribution in [2.45, 2.75) is 52.1 Å². The van der Waals surface area contributed by atoms with Crippen LogP contribution in [0.4, 0.5) is 0 Å². The third-order valence-electron chi connectivity index (χ3n) is 4.54. The number of hydrogen-bond donors (Lipinski definition) is 1. The molecule has 1 fully saturated rings. The molecule has 0 heterocycles. The van der Waals surface area contributed by atoms with E-state index in [9.17, 15) is 4.79 Å². The van der Waals surface area contributed by atoms with Gasteiger partial charge in [0.25, 0.3) is 0 Å². The number of benzene rings is 1. The van der Waals surface area contributed by atoms with Crippen molar-refractivity contribution in [3.05, 3.63) is 34.9 Å². The van der Waals surface area contributed by atoms with Gasteiger partial charge in [-0.15, -0.1) is 0 Å². The Labute approximate surface area is 121 Å². The van der Waals surface area contributed by atoms with E-state index < -0.39 is 5.97 Å². The van der Waals surface area contributed by atoms with Gasteiger partial charge in [0.2, 0.25) is 0 Å². The fraction of sp³-hybridized carbons (Fsp3) is 0.588. The van der Waals surface area contributed by atoms with Gasteiger partial charge in [-0.3, -0.25) is 4.90 Å². The molecule has 1 aliphatic rings. The average molecular weight is 275 g/mol. The van der Waals surface area contributed by atoms with Gasteiger partial charge in [-0.25, -0.2) is 4.79 Å². The Morgan fingerprint density at radius 2 is 2.15 bits per heavy atom. The molecular formula is C17H25NO2. The summed E-state index contributed by atoms with van der Waals surface area (Å²) in [6.07, 6.45) is 5.25. The number of rotatable bonds is 4. The van der Waals surface area contributed by atoms with E-state index in [1.54, 1.807) is 12.1 Å². The number of carboxylic acid groups (broad SMARTS) is 1. The lowest BCUT2D eigenvalue weighted by Crippen LogP contribution is -2.35. The van der Waals surface area contributed by atoms with Gasteiger partial charge in [0.15, 0.2) is 0 Å². The van der Waals surface area contributed by atoms with Crippen LogP contribution in [-0.4, -0.2) is 29.1 Å². The standard InChI is InChI=1S/C17H25NO2/c1-12-5-4-6-16(9-12)18(3)11-15-8-7-14(17(19)20)10-13(15)2/h7-8,10,12,16H,4-6,9,11H2,1-3H3,(H,19,20). The summed E-state index contributed by atoms with van der Waals surface area (Å²) >= 11 is 0. The van der Waals surface area contributed by atoms with E-state index in [-0.39, 0.29) is 0 Å². The van der Waals surface area contributed by atoms with Crippen LogP contribution in [0.25, 0.3) is 0 Å². The van der Waals surface area contributed by atoms with E-state index in [1.807, 2.05) is 13.0 Å². The van der Waals surface area contributed by atoms with Gasteiger partial charge >= 0.3 is 5.97 Å². The predicted octanol–water partition coefficient (Wildman–Crippen LogP) is 3.70. The van der Waals surface area contributed by atoms with Crippen LogP contribution >= 0.6 is 0 Å². The number of nitrogens with zero attached hydrogens (tertiary/aromatic N) is 1. The van der Waals surface area contributed by atoms with Crippen molar-refractivity contribution < 1.29 is 9.90 Å². The van der Waals surface area contributed by atoms with Crippen molar-refractivity contribution >= 4 is 5.97 Å². The minimum Gasteiger partial charge on any atom is -0.478 e. The molecule has 20 heavy (non-hydrogen) atoms. The number of hydrogen-bond acceptors (Lipinski definition) is 2. The van der Waals surface area contributed by atoms with Crippen molar-refractivity contribution in [3.63, 3.8) is 0 Å². The molecule has 3 nitrogen and oxygen atoms in total. The molecule has 2 unspecified atom stereocenters. The first-order valence-electron chi connectivity index (χ1n) is 7.50. The van der Waals surface area contributed by atoms with Gasteiger partial charge < -0.3 is 5.11 Å². The SMILES string of the molecule is Cc1cc(C(=O)O)ccc1CN(C)C1CCCC(C)C1. The second-order valence-electron chi connectivity index (χ2n) is 6.29. The maximum Gasteiger partial charge on any atom is 0.335 e. The fourth-order valence-corrected chi connectivity index (χ4v) is 3.21. The van der Waals surface area contributed by atoms with Crippen LogP contribution in [0.15, 0.2) is 18.2 Å². The Balaban J connectivity index is 2.03. The van der Waals surface area contributed by atoms with Crippen molar-refractivity contribution in [2.75, 3.05) is 7.05 Å². The summed E-state index contributed by atoms with van der Waals surface area (Å²) < 4.78 is 0. The predicted molar refractivity (Wildman–Crippen MR) is 81.0 cm³/mol. The molecule has 2 rings (SSSR count). The third-order valence-corrected chi connectivity index (χ3v) is 4.54. The number of carboxylic acids is 1.